The molecule has 2 aromatic heterocycles. The third kappa shape index (κ3) is 3.91. The van der Waals surface area contributed by atoms with Crippen molar-refractivity contribution in [3.63, 3.8) is 0 Å². The summed E-state index contributed by atoms with van der Waals surface area (Å²) in [7, 11) is 0. The van der Waals surface area contributed by atoms with Crippen LogP contribution in [-0.2, 0) is 11.8 Å². The van der Waals surface area contributed by atoms with Gasteiger partial charge in [-0.2, -0.15) is 13.2 Å². The van der Waals surface area contributed by atoms with Crippen molar-refractivity contribution in [1.29, 1.82) is 0 Å². The van der Waals surface area contributed by atoms with E-state index < -0.39 is 23.1 Å². The number of aliphatic hydroxyl groups is 2. The lowest BCUT2D eigenvalue weighted by Gasteiger charge is -2.61. The van der Waals surface area contributed by atoms with Crippen molar-refractivity contribution in [2.75, 3.05) is 5.32 Å². The molecule has 0 spiro atoms. The zero-order valence-corrected chi connectivity index (χ0v) is 19.8. The molecule has 4 aliphatic rings. The van der Waals surface area contributed by atoms with Gasteiger partial charge in [-0.1, -0.05) is 6.07 Å². The van der Waals surface area contributed by atoms with Gasteiger partial charge in [-0.15, -0.1) is 11.3 Å². The first-order valence-corrected chi connectivity index (χ1v) is 12.5. The summed E-state index contributed by atoms with van der Waals surface area (Å²) in [4.78, 5) is 13.0. The third-order valence-electron chi connectivity index (χ3n) is 7.81. The lowest BCUT2D eigenvalue weighted by atomic mass is 9.48. The maximum Gasteiger partial charge on any atom is 0.433 e. The first kappa shape index (κ1) is 22.9. The van der Waals surface area contributed by atoms with Crippen LogP contribution in [0.4, 0.5) is 24.8 Å². The van der Waals surface area contributed by atoms with E-state index >= 15 is 0 Å². The first-order valence-electron chi connectivity index (χ1n) is 11.7. The zero-order valence-electron chi connectivity index (χ0n) is 19.0. The Balaban J connectivity index is 1.29. The van der Waals surface area contributed by atoms with Gasteiger partial charge < -0.3 is 15.5 Å². The molecule has 3 aromatic rings. The summed E-state index contributed by atoms with van der Waals surface area (Å²) in [5.74, 6) is 0.346. The van der Waals surface area contributed by atoms with Crippen molar-refractivity contribution < 1.29 is 23.4 Å². The molecule has 0 saturated heterocycles. The molecule has 4 bridgehead atoms. The second-order valence-corrected chi connectivity index (χ2v) is 11.4. The van der Waals surface area contributed by atoms with Crippen LogP contribution in [0.2, 0.25) is 0 Å². The molecule has 4 aliphatic carbocycles. The van der Waals surface area contributed by atoms with Gasteiger partial charge in [0, 0.05) is 18.1 Å². The van der Waals surface area contributed by atoms with Gasteiger partial charge in [0.25, 0.3) is 0 Å². The molecule has 2 unspecified atom stereocenters. The van der Waals surface area contributed by atoms with Crippen molar-refractivity contribution in [2.24, 2.45) is 17.8 Å². The van der Waals surface area contributed by atoms with Gasteiger partial charge in [0.05, 0.1) is 10.5 Å². The van der Waals surface area contributed by atoms with Crippen LogP contribution in [0.1, 0.15) is 48.4 Å². The van der Waals surface area contributed by atoms with Crippen LogP contribution < -0.4 is 5.32 Å². The summed E-state index contributed by atoms with van der Waals surface area (Å²) >= 11 is 1.44. The van der Waals surface area contributed by atoms with Crippen LogP contribution in [0.15, 0.2) is 36.7 Å². The standard InChI is InChI=1S/C25H25F3N4O2S/c1-13-4-15(8-18(5-13)31-22-29-3-2-20(32-22)25(26,27)28)19-12-30-21(35-19)24(34)16-6-14-7-17(24)11-23(33,9-14)10-16/h2-5,8,12,14,16-17,33-34H,6-7,9-11H2,1H3,(H,29,31,32). The Morgan fingerprint density at radius 3 is 2.49 bits per heavy atom. The number of rotatable bonds is 4. The summed E-state index contributed by atoms with van der Waals surface area (Å²) < 4.78 is 39.0. The van der Waals surface area contributed by atoms with E-state index in [9.17, 15) is 23.4 Å². The SMILES string of the molecule is Cc1cc(Nc2nccc(C(F)(F)F)n2)cc(-c2cnc(C3(O)C4CC5CC3CC(O)(C5)C4)s2)c1. The largest absolute Gasteiger partial charge is 0.433 e. The Hall–Kier alpha value is -2.56. The zero-order chi connectivity index (χ0) is 24.6. The fourth-order valence-corrected chi connectivity index (χ4v) is 7.74. The quantitative estimate of drug-likeness (QED) is 0.441. The molecular weight excluding hydrogens is 477 g/mol. The normalized spacial score (nSPS) is 31.7. The lowest BCUT2D eigenvalue weighted by Crippen LogP contribution is -2.61. The van der Waals surface area contributed by atoms with E-state index in [4.69, 9.17) is 0 Å². The van der Waals surface area contributed by atoms with Crippen LogP contribution in [0.3, 0.4) is 0 Å². The molecule has 3 N–H and O–H groups in total. The number of thiazole rings is 1. The van der Waals surface area contributed by atoms with Crippen LogP contribution in [0, 0.1) is 24.7 Å². The highest BCUT2D eigenvalue weighted by atomic mass is 32.1. The molecule has 0 radical (unpaired) electrons. The summed E-state index contributed by atoms with van der Waals surface area (Å²) in [5, 5.41) is 26.3. The van der Waals surface area contributed by atoms with E-state index in [1.807, 2.05) is 19.1 Å². The number of hydrogen-bond donors (Lipinski definition) is 3. The van der Waals surface area contributed by atoms with Crippen molar-refractivity contribution in [2.45, 2.75) is 56.4 Å². The van der Waals surface area contributed by atoms with E-state index in [1.165, 1.54) is 11.3 Å². The molecule has 2 heterocycles. The topological polar surface area (TPSA) is 91.2 Å². The molecule has 35 heavy (non-hydrogen) atoms. The number of halogens is 3. The Bertz CT molecular complexity index is 1280. The minimum absolute atomic E-state index is 0.00513. The molecule has 6 nitrogen and oxygen atoms in total. The minimum Gasteiger partial charge on any atom is -0.390 e. The maximum absolute atomic E-state index is 13.0. The number of aryl methyl sites for hydroxylation is 1. The second-order valence-electron chi connectivity index (χ2n) is 10.4. The summed E-state index contributed by atoms with van der Waals surface area (Å²) in [6.07, 6.45) is 2.17. The number of hydrogen-bond acceptors (Lipinski definition) is 7. The van der Waals surface area contributed by atoms with Crippen LogP contribution in [-0.4, -0.2) is 30.8 Å². The van der Waals surface area contributed by atoms with E-state index in [0.29, 0.717) is 29.5 Å². The lowest BCUT2D eigenvalue weighted by molar-refractivity contribution is -0.232. The van der Waals surface area contributed by atoms with Gasteiger partial charge in [-0.05, 0) is 86.1 Å². The van der Waals surface area contributed by atoms with Crippen molar-refractivity contribution in [3.8, 4) is 10.4 Å². The van der Waals surface area contributed by atoms with Crippen molar-refractivity contribution in [3.05, 3.63) is 52.9 Å². The van der Waals surface area contributed by atoms with Gasteiger partial charge in [-0.25, -0.2) is 15.0 Å². The van der Waals surface area contributed by atoms with Crippen molar-refractivity contribution >= 4 is 23.0 Å². The van der Waals surface area contributed by atoms with E-state index in [0.717, 1.165) is 47.5 Å². The minimum atomic E-state index is -4.55. The fourth-order valence-electron chi connectivity index (χ4n) is 6.59. The Morgan fingerprint density at radius 1 is 1.06 bits per heavy atom. The van der Waals surface area contributed by atoms with Crippen LogP contribution in [0.25, 0.3) is 10.4 Å². The molecule has 4 saturated carbocycles. The van der Waals surface area contributed by atoms with Gasteiger partial charge in [0.15, 0.2) is 0 Å². The number of anilines is 2. The number of nitrogens with zero attached hydrogens (tertiary/aromatic N) is 3. The van der Waals surface area contributed by atoms with Gasteiger partial charge >= 0.3 is 6.18 Å². The predicted molar refractivity (Wildman–Crippen MR) is 125 cm³/mol. The maximum atomic E-state index is 13.0. The third-order valence-corrected chi connectivity index (χ3v) is 9.00. The smallest absolute Gasteiger partial charge is 0.390 e. The predicted octanol–water partition coefficient (Wildman–Crippen LogP) is 5.43. The highest BCUT2D eigenvalue weighted by Gasteiger charge is 2.63. The van der Waals surface area contributed by atoms with Gasteiger partial charge in [0.1, 0.15) is 16.3 Å². The highest BCUT2D eigenvalue weighted by Crippen LogP contribution is 2.63. The molecule has 7 rings (SSSR count). The van der Waals surface area contributed by atoms with Crippen LogP contribution >= 0.6 is 11.3 Å². The summed E-state index contributed by atoms with van der Waals surface area (Å²) in [6, 6.07) is 6.43. The summed E-state index contributed by atoms with van der Waals surface area (Å²) in [6.45, 7) is 1.90. The number of benzene rings is 1. The monoisotopic (exact) mass is 502 g/mol. The molecule has 0 aliphatic heterocycles. The Kier molecular flexibility index (Phi) is 5.04. The molecular formula is C25H25F3N4O2S. The Labute approximate surface area is 204 Å². The highest BCUT2D eigenvalue weighted by molar-refractivity contribution is 7.15. The molecule has 184 valence electrons. The first-order chi connectivity index (χ1) is 16.5. The van der Waals surface area contributed by atoms with E-state index in [1.54, 1.807) is 12.3 Å². The molecule has 0 amide bonds. The fraction of sp³-hybridized carbons (Fsp3) is 0.480. The Morgan fingerprint density at radius 2 is 1.80 bits per heavy atom. The molecule has 10 heteroatoms. The molecule has 4 fully saturated rings. The second kappa shape index (κ2) is 7.72. The van der Waals surface area contributed by atoms with E-state index in [-0.39, 0.29) is 17.8 Å². The number of nitrogens with one attached hydrogen (secondary N) is 1. The number of alkyl halides is 3. The number of aromatic nitrogens is 3. The van der Waals surface area contributed by atoms with E-state index in [2.05, 4.69) is 20.3 Å². The van der Waals surface area contributed by atoms with Crippen LogP contribution in [0.5, 0.6) is 0 Å². The van der Waals surface area contributed by atoms with Crippen molar-refractivity contribution in [1.82, 2.24) is 15.0 Å². The molecule has 1 aromatic carbocycles. The average Bonchev–Trinajstić information content (AvgIpc) is 3.26. The van der Waals surface area contributed by atoms with Gasteiger partial charge in [-0.3, -0.25) is 0 Å². The molecule has 2 atom stereocenters. The average molecular weight is 503 g/mol. The summed E-state index contributed by atoms with van der Waals surface area (Å²) in [5.41, 5.74) is -0.376. The van der Waals surface area contributed by atoms with Gasteiger partial charge in [0.2, 0.25) is 5.95 Å².